The second-order valence-electron chi connectivity index (χ2n) is 8.92. The average Bonchev–Trinajstić information content (AvgIpc) is 3.53. The van der Waals surface area contributed by atoms with Gasteiger partial charge in [0, 0.05) is 24.9 Å². The molecule has 1 amide bonds. The summed E-state index contributed by atoms with van der Waals surface area (Å²) in [6.07, 6.45) is 4.81. The molecule has 1 heterocycles. The Labute approximate surface area is 207 Å². The fourth-order valence-corrected chi connectivity index (χ4v) is 7.15. The molecule has 1 unspecified atom stereocenters. The molecule has 1 aliphatic heterocycles. The second-order valence-corrected chi connectivity index (χ2v) is 12.6. The summed E-state index contributed by atoms with van der Waals surface area (Å²) in [5.74, 6) is -0.474. The highest BCUT2D eigenvalue weighted by Gasteiger charge is 2.31. The van der Waals surface area contributed by atoms with Crippen LogP contribution in [0.2, 0.25) is 0 Å². The minimum Gasteiger partial charge on any atom is -0.377 e. The first-order valence-electron chi connectivity index (χ1n) is 11.8. The molecule has 35 heavy (non-hydrogen) atoms. The summed E-state index contributed by atoms with van der Waals surface area (Å²) in [6.45, 7) is 0.198. The molecular formula is C24H31N3O6S2. The van der Waals surface area contributed by atoms with Gasteiger partial charge in [-0.05, 0) is 62.1 Å². The third kappa shape index (κ3) is 6.68. The van der Waals surface area contributed by atoms with Crippen molar-refractivity contribution in [3.8, 4) is 0 Å². The van der Waals surface area contributed by atoms with Crippen LogP contribution in [-0.4, -0.2) is 58.9 Å². The lowest BCUT2D eigenvalue weighted by Crippen LogP contribution is -2.42. The van der Waals surface area contributed by atoms with Gasteiger partial charge in [0.15, 0.2) is 0 Å². The molecule has 4 rings (SSSR count). The predicted molar refractivity (Wildman–Crippen MR) is 132 cm³/mol. The zero-order valence-electron chi connectivity index (χ0n) is 19.4. The van der Waals surface area contributed by atoms with Crippen molar-refractivity contribution in [2.75, 3.05) is 25.0 Å². The number of carbonyl (C=O) groups is 1. The lowest BCUT2D eigenvalue weighted by atomic mass is 10.2. The van der Waals surface area contributed by atoms with Crippen LogP contribution in [-0.2, 0) is 29.6 Å². The highest BCUT2D eigenvalue weighted by Crippen LogP contribution is 2.24. The van der Waals surface area contributed by atoms with Gasteiger partial charge in [0.2, 0.25) is 26.0 Å². The number of amides is 1. The fourth-order valence-electron chi connectivity index (χ4n) is 4.42. The van der Waals surface area contributed by atoms with Gasteiger partial charge < -0.3 is 10.1 Å². The molecule has 2 fully saturated rings. The monoisotopic (exact) mass is 521 g/mol. The van der Waals surface area contributed by atoms with E-state index in [-0.39, 0.29) is 35.0 Å². The molecule has 1 saturated carbocycles. The van der Waals surface area contributed by atoms with Gasteiger partial charge in [-0.3, -0.25) is 4.79 Å². The molecular weight excluding hydrogens is 490 g/mol. The number of benzene rings is 2. The first-order valence-corrected chi connectivity index (χ1v) is 14.8. The van der Waals surface area contributed by atoms with Crippen LogP contribution in [0.3, 0.4) is 0 Å². The first kappa shape index (κ1) is 25.8. The topological polar surface area (TPSA) is 122 Å². The third-order valence-corrected chi connectivity index (χ3v) is 9.62. The number of sulfonamides is 2. The zero-order chi connectivity index (χ0) is 24.9. The van der Waals surface area contributed by atoms with Crippen LogP contribution in [0.1, 0.15) is 38.5 Å². The number of carbonyl (C=O) groups excluding carboxylic acids is 1. The van der Waals surface area contributed by atoms with Crippen molar-refractivity contribution in [2.24, 2.45) is 0 Å². The molecule has 2 aromatic rings. The number of rotatable bonds is 10. The molecule has 2 aliphatic rings. The Balaban J connectivity index is 1.51. The van der Waals surface area contributed by atoms with E-state index in [2.05, 4.69) is 10.0 Å². The standard InChI is InChI=1S/C24H31N3O6S2/c28-24(25-19-7-2-1-3-8-19)18-27(17-21-11-6-16-33-21)35(31,32)23-14-12-22(13-15-23)34(29,30)26-20-9-4-5-10-20/h1-3,7-8,12-15,20-21,26H,4-6,9-11,16-18H2,(H,25,28). The van der Waals surface area contributed by atoms with E-state index in [1.54, 1.807) is 24.3 Å². The van der Waals surface area contributed by atoms with Gasteiger partial charge in [-0.1, -0.05) is 31.0 Å². The van der Waals surface area contributed by atoms with Crippen LogP contribution in [0.15, 0.2) is 64.4 Å². The molecule has 1 aliphatic carbocycles. The van der Waals surface area contributed by atoms with Crippen LogP contribution in [0.4, 0.5) is 5.69 Å². The van der Waals surface area contributed by atoms with E-state index in [0.29, 0.717) is 18.7 Å². The van der Waals surface area contributed by atoms with Crippen molar-refractivity contribution in [1.82, 2.24) is 9.03 Å². The number of para-hydroxylation sites is 1. The van der Waals surface area contributed by atoms with E-state index in [9.17, 15) is 21.6 Å². The highest BCUT2D eigenvalue weighted by atomic mass is 32.2. The van der Waals surface area contributed by atoms with Gasteiger partial charge in [0.1, 0.15) is 0 Å². The smallest absolute Gasteiger partial charge is 0.243 e. The van der Waals surface area contributed by atoms with E-state index in [1.165, 1.54) is 24.3 Å². The molecule has 1 saturated heterocycles. The molecule has 2 aromatic carbocycles. The fraction of sp³-hybridized carbons (Fsp3) is 0.458. The van der Waals surface area contributed by atoms with Crippen LogP contribution in [0, 0.1) is 0 Å². The van der Waals surface area contributed by atoms with E-state index in [4.69, 9.17) is 4.74 Å². The van der Waals surface area contributed by atoms with E-state index in [0.717, 1.165) is 36.4 Å². The van der Waals surface area contributed by atoms with Gasteiger partial charge in [-0.15, -0.1) is 0 Å². The van der Waals surface area contributed by atoms with Crippen LogP contribution in [0.25, 0.3) is 0 Å². The summed E-state index contributed by atoms with van der Waals surface area (Å²) in [6, 6.07) is 13.8. The number of hydrogen-bond acceptors (Lipinski definition) is 6. The van der Waals surface area contributed by atoms with E-state index in [1.807, 2.05) is 6.07 Å². The largest absolute Gasteiger partial charge is 0.377 e. The van der Waals surface area contributed by atoms with Gasteiger partial charge >= 0.3 is 0 Å². The minimum absolute atomic E-state index is 0.0100. The van der Waals surface area contributed by atoms with Crippen molar-refractivity contribution in [3.05, 3.63) is 54.6 Å². The first-order chi connectivity index (χ1) is 16.7. The molecule has 1 atom stereocenters. The highest BCUT2D eigenvalue weighted by molar-refractivity contribution is 7.89. The normalized spacial score (nSPS) is 19.3. The maximum Gasteiger partial charge on any atom is 0.243 e. The van der Waals surface area contributed by atoms with Crippen molar-refractivity contribution >= 4 is 31.6 Å². The summed E-state index contributed by atoms with van der Waals surface area (Å²) in [5, 5.41) is 2.71. The number of nitrogens with one attached hydrogen (secondary N) is 2. The number of anilines is 1. The molecule has 190 valence electrons. The summed E-state index contributed by atoms with van der Waals surface area (Å²) in [5.41, 5.74) is 0.566. The maximum absolute atomic E-state index is 13.5. The summed E-state index contributed by atoms with van der Waals surface area (Å²) < 4.78 is 61.7. The van der Waals surface area contributed by atoms with Crippen LogP contribution < -0.4 is 10.0 Å². The number of nitrogens with zero attached hydrogens (tertiary/aromatic N) is 1. The molecule has 0 aromatic heterocycles. The van der Waals surface area contributed by atoms with Crippen molar-refractivity contribution < 1.29 is 26.4 Å². The summed E-state index contributed by atoms with van der Waals surface area (Å²) in [7, 11) is -7.82. The molecule has 0 spiro atoms. The second kappa shape index (κ2) is 11.2. The summed E-state index contributed by atoms with van der Waals surface area (Å²) >= 11 is 0. The Kier molecular flexibility index (Phi) is 8.23. The average molecular weight is 522 g/mol. The Hall–Kier alpha value is -2.31. The molecule has 0 radical (unpaired) electrons. The van der Waals surface area contributed by atoms with Gasteiger partial charge in [-0.2, -0.15) is 4.31 Å². The predicted octanol–water partition coefficient (Wildman–Crippen LogP) is 2.72. The number of ether oxygens (including phenoxy) is 1. The molecule has 2 N–H and O–H groups in total. The van der Waals surface area contributed by atoms with Gasteiger partial charge in [0.05, 0.1) is 22.4 Å². The van der Waals surface area contributed by atoms with E-state index >= 15 is 0 Å². The third-order valence-electron chi connectivity index (χ3n) is 6.26. The molecule has 11 heteroatoms. The Morgan fingerprint density at radius 3 is 2.17 bits per heavy atom. The van der Waals surface area contributed by atoms with Crippen LogP contribution in [0.5, 0.6) is 0 Å². The maximum atomic E-state index is 13.5. The Morgan fingerprint density at radius 2 is 1.54 bits per heavy atom. The lowest BCUT2D eigenvalue weighted by Gasteiger charge is -2.24. The zero-order valence-corrected chi connectivity index (χ0v) is 21.1. The Morgan fingerprint density at radius 1 is 0.886 bits per heavy atom. The quantitative estimate of drug-likeness (QED) is 0.496. The van der Waals surface area contributed by atoms with Crippen molar-refractivity contribution in [3.63, 3.8) is 0 Å². The van der Waals surface area contributed by atoms with E-state index < -0.39 is 26.0 Å². The summed E-state index contributed by atoms with van der Waals surface area (Å²) in [4.78, 5) is 12.6. The number of hydrogen-bond donors (Lipinski definition) is 2. The molecule has 0 bridgehead atoms. The Bertz CT molecular complexity index is 1210. The lowest BCUT2D eigenvalue weighted by molar-refractivity contribution is -0.116. The SMILES string of the molecule is O=C(CN(CC1CCCO1)S(=O)(=O)c1ccc(S(=O)(=O)NC2CCCC2)cc1)Nc1ccccc1. The van der Waals surface area contributed by atoms with Crippen molar-refractivity contribution in [1.29, 1.82) is 0 Å². The molecule has 9 nitrogen and oxygen atoms in total. The van der Waals surface area contributed by atoms with Crippen molar-refractivity contribution in [2.45, 2.75) is 60.5 Å². The van der Waals surface area contributed by atoms with Gasteiger partial charge in [-0.25, -0.2) is 21.6 Å². The minimum atomic E-state index is -4.08. The van der Waals surface area contributed by atoms with Gasteiger partial charge in [0.25, 0.3) is 0 Å². The van der Waals surface area contributed by atoms with Crippen LogP contribution >= 0.6 is 0 Å².